The van der Waals surface area contributed by atoms with Crippen molar-refractivity contribution in [2.75, 3.05) is 0 Å². The third-order valence-corrected chi connectivity index (χ3v) is 11.5. The van der Waals surface area contributed by atoms with Gasteiger partial charge in [0.05, 0.1) is 65.2 Å². The normalized spacial score (nSPS) is 12.0. The van der Waals surface area contributed by atoms with E-state index < -0.39 is 5.97 Å². The fourth-order valence-electron chi connectivity index (χ4n) is 7.26. The number of carbonyl (C=O) groups is 1. The number of hydrogen-bond donors (Lipinski definition) is 2. The number of aromatic nitrogens is 4. The molecule has 2 N–H and O–H groups in total. The molecule has 0 spiro atoms. The lowest BCUT2D eigenvalue weighted by Crippen LogP contribution is -2.00. The first-order chi connectivity index (χ1) is 27.5. The van der Waals surface area contributed by atoms with Crippen molar-refractivity contribution in [3.63, 3.8) is 0 Å². The maximum atomic E-state index is 12.1. The van der Waals surface area contributed by atoms with Gasteiger partial charge in [0, 0.05) is 48.9 Å². The van der Waals surface area contributed by atoms with Gasteiger partial charge in [-0.2, -0.15) is 0 Å². The van der Waals surface area contributed by atoms with Crippen LogP contribution in [0.2, 0.25) is 30.1 Å². The van der Waals surface area contributed by atoms with E-state index in [4.69, 9.17) is 79.6 Å². The van der Waals surface area contributed by atoms with Crippen LogP contribution in [0.15, 0.2) is 109 Å². The summed E-state index contributed by atoms with van der Waals surface area (Å²) in [4.78, 5) is 25.7. The van der Waals surface area contributed by atoms with E-state index in [1.165, 1.54) is 0 Å². The summed E-state index contributed by atoms with van der Waals surface area (Å²) in [5, 5.41) is 11.9. The van der Waals surface area contributed by atoms with Crippen LogP contribution in [0, 0.1) is 0 Å². The Bertz CT molecular complexity index is 3010. The van der Waals surface area contributed by atoms with E-state index in [0.717, 1.165) is 11.0 Å². The molecular formula is C45H24Cl6N4O2. The topological polar surface area (TPSA) is 83.8 Å². The van der Waals surface area contributed by atoms with Crippen molar-refractivity contribution < 1.29 is 9.90 Å². The van der Waals surface area contributed by atoms with Gasteiger partial charge in [-0.05, 0) is 109 Å². The molecule has 2 aliphatic rings. The monoisotopic (exact) mass is 862 g/mol. The number of nitrogens with zero attached hydrogens (tertiary/aromatic N) is 3. The minimum atomic E-state index is -1.07. The Labute approximate surface area is 355 Å². The molecule has 3 aromatic heterocycles. The molecule has 0 radical (unpaired) electrons. The van der Waals surface area contributed by atoms with E-state index in [1.54, 1.807) is 78.9 Å². The number of benzene rings is 4. The summed E-state index contributed by atoms with van der Waals surface area (Å²) in [7, 11) is 0. The van der Waals surface area contributed by atoms with Crippen LogP contribution < -0.4 is 0 Å². The second-order valence-corrected chi connectivity index (χ2v) is 15.6. The lowest BCUT2D eigenvalue weighted by atomic mass is 9.92. The molecule has 57 heavy (non-hydrogen) atoms. The molecule has 0 unspecified atom stereocenters. The second-order valence-electron chi connectivity index (χ2n) is 13.2. The summed E-state index contributed by atoms with van der Waals surface area (Å²) in [5.74, 6) is -1.07. The smallest absolute Gasteiger partial charge is 0.335 e. The number of carboxylic acids is 1. The summed E-state index contributed by atoms with van der Waals surface area (Å²) in [5.41, 5.74) is 9.00. The van der Waals surface area contributed by atoms with Crippen LogP contribution in [-0.2, 0) is 0 Å². The van der Waals surface area contributed by atoms with Crippen LogP contribution in [0.4, 0.5) is 0 Å². The standard InChI is InChI=1S/C45H24Cl6N4O2/c46-30-4-1-5-31(47)39(30)41-36-19-18-28(54-36)21-27-15-14-25(52-27)20-26-16-17-29(53-26)22-37-38(23-10-12-24(13-11-23)45(56)57)42(40-32(48)6-2-7-33(40)49)44(41)55(37)43-34(50)8-3-9-35(43)51/h1-22,52H,(H,56,57). The summed E-state index contributed by atoms with van der Waals surface area (Å²) in [6.45, 7) is 0. The quantitative estimate of drug-likeness (QED) is 0.180. The number of aromatic amines is 1. The molecule has 9 rings (SSSR count). The number of nitrogens with one attached hydrogen (secondary N) is 1. The third-order valence-electron chi connectivity index (χ3n) is 9.67. The Morgan fingerprint density at radius 3 is 1.58 bits per heavy atom. The van der Waals surface area contributed by atoms with Crippen molar-refractivity contribution in [1.29, 1.82) is 0 Å². The van der Waals surface area contributed by atoms with E-state index in [1.807, 2.05) is 59.2 Å². The van der Waals surface area contributed by atoms with E-state index >= 15 is 0 Å². The molecule has 5 heterocycles. The number of hydrogen-bond acceptors (Lipinski definition) is 3. The zero-order chi connectivity index (χ0) is 39.5. The first kappa shape index (κ1) is 37.3. The Balaban J connectivity index is 1.67. The predicted molar refractivity (Wildman–Crippen MR) is 237 cm³/mol. The van der Waals surface area contributed by atoms with Gasteiger partial charge in [-0.15, -0.1) is 0 Å². The molecule has 6 nitrogen and oxygen atoms in total. The van der Waals surface area contributed by atoms with Gasteiger partial charge >= 0.3 is 5.97 Å². The van der Waals surface area contributed by atoms with Crippen LogP contribution in [0.3, 0.4) is 0 Å². The average molecular weight is 865 g/mol. The van der Waals surface area contributed by atoms with Crippen LogP contribution in [-0.4, -0.2) is 30.6 Å². The van der Waals surface area contributed by atoms with E-state index in [9.17, 15) is 9.90 Å². The van der Waals surface area contributed by atoms with Crippen molar-refractivity contribution in [2.45, 2.75) is 0 Å². The number of halogens is 6. The highest BCUT2D eigenvalue weighted by Crippen LogP contribution is 2.53. The number of H-pyrrole nitrogens is 1. The molecule has 8 bridgehead atoms. The second kappa shape index (κ2) is 14.9. The van der Waals surface area contributed by atoms with Crippen molar-refractivity contribution in [3.05, 3.63) is 168 Å². The first-order valence-corrected chi connectivity index (χ1v) is 19.7. The molecule has 0 saturated carbocycles. The van der Waals surface area contributed by atoms with Gasteiger partial charge in [-0.1, -0.05) is 99.9 Å². The molecule has 0 amide bonds. The SMILES string of the molecule is O=C(O)c1ccc(-c2c(-c3c(Cl)cccc3Cl)c3c(-c4c(Cl)cccc4Cl)c4nc(cc5ccc(cc6nc(cc2n3-c2c(Cl)cccc2Cl)C=C6)[nH]5)C=C4)cc1. The molecular weight excluding hydrogens is 841 g/mol. The summed E-state index contributed by atoms with van der Waals surface area (Å²) < 4.78 is 1.94. The van der Waals surface area contributed by atoms with E-state index in [0.29, 0.717) is 103 Å². The van der Waals surface area contributed by atoms with Crippen molar-refractivity contribution in [3.8, 4) is 39.1 Å². The Morgan fingerprint density at radius 1 is 0.526 bits per heavy atom. The lowest BCUT2D eigenvalue weighted by Gasteiger charge is -2.17. The highest BCUT2D eigenvalue weighted by atomic mass is 35.5. The molecule has 4 aromatic carbocycles. The largest absolute Gasteiger partial charge is 0.478 e. The Hall–Kier alpha value is -5.31. The molecule has 0 saturated heterocycles. The predicted octanol–water partition coefficient (Wildman–Crippen LogP) is 14.7. The number of fused-ring (bicyclic) bond motifs is 8. The van der Waals surface area contributed by atoms with E-state index in [-0.39, 0.29) is 5.56 Å². The van der Waals surface area contributed by atoms with E-state index in [2.05, 4.69) is 4.98 Å². The summed E-state index contributed by atoms with van der Waals surface area (Å²) in [6.07, 6.45) is 7.63. The third kappa shape index (κ3) is 6.72. The molecule has 0 aliphatic carbocycles. The molecule has 278 valence electrons. The maximum absolute atomic E-state index is 12.1. The molecule has 2 aliphatic heterocycles. The zero-order valence-electron chi connectivity index (χ0n) is 29.2. The molecule has 0 atom stereocenters. The van der Waals surface area contributed by atoms with Gasteiger partial charge in [-0.3, -0.25) is 0 Å². The van der Waals surface area contributed by atoms with Gasteiger partial charge in [0.2, 0.25) is 0 Å². The van der Waals surface area contributed by atoms with Gasteiger partial charge < -0.3 is 14.7 Å². The first-order valence-electron chi connectivity index (χ1n) is 17.4. The van der Waals surface area contributed by atoms with Crippen molar-refractivity contribution >= 4 is 122 Å². The fourth-order valence-corrected chi connectivity index (χ4v) is 9.00. The van der Waals surface area contributed by atoms with Crippen molar-refractivity contribution in [1.82, 2.24) is 19.5 Å². The van der Waals surface area contributed by atoms with Crippen LogP contribution in [0.5, 0.6) is 0 Å². The fraction of sp³-hybridized carbons (Fsp3) is 0. The minimum absolute atomic E-state index is 0.103. The number of rotatable bonds is 5. The van der Waals surface area contributed by atoms with Gasteiger partial charge in [0.25, 0.3) is 0 Å². The summed E-state index contributed by atoms with van der Waals surface area (Å²) >= 11 is 43.2. The Kier molecular flexibility index (Phi) is 9.74. The molecule has 12 heteroatoms. The lowest BCUT2D eigenvalue weighted by molar-refractivity contribution is 0.0697. The number of carboxylic acid groups (broad SMARTS) is 1. The summed E-state index contributed by atoms with van der Waals surface area (Å²) in [6, 6.07) is 32.1. The highest BCUT2D eigenvalue weighted by Gasteiger charge is 2.30. The highest BCUT2D eigenvalue weighted by molar-refractivity contribution is 6.42. The van der Waals surface area contributed by atoms with Crippen LogP contribution in [0.1, 0.15) is 33.1 Å². The van der Waals surface area contributed by atoms with Crippen LogP contribution in [0.25, 0.3) is 85.4 Å². The van der Waals surface area contributed by atoms with Gasteiger partial charge in [0.15, 0.2) is 0 Å². The Morgan fingerprint density at radius 2 is 1.02 bits per heavy atom. The number of aromatic carboxylic acids is 1. The molecule has 7 aromatic rings. The minimum Gasteiger partial charge on any atom is -0.478 e. The van der Waals surface area contributed by atoms with Gasteiger partial charge in [-0.25, -0.2) is 14.8 Å². The van der Waals surface area contributed by atoms with Gasteiger partial charge in [0.1, 0.15) is 0 Å². The average Bonchev–Trinajstić information content (AvgIpc) is 3.99. The molecule has 0 fully saturated rings. The van der Waals surface area contributed by atoms with Crippen LogP contribution >= 0.6 is 69.6 Å². The number of para-hydroxylation sites is 1. The van der Waals surface area contributed by atoms with Crippen molar-refractivity contribution in [2.24, 2.45) is 0 Å². The maximum Gasteiger partial charge on any atom is 0.335 e. The zero-order valence-corrected chi connectivity index (χ0v) is 33.7.